The van der Waals surface area contributed by atoms with Crippen LogP contribution in [0.5, 0.6) is 17.2 Å². The Labute approximate surface area is 232 Å². The van der Waals surface area contributed by atoms with Crippen molar-refractivity contribution in [2.24, 2.45) is 0 Å². The van der Waals surface area contributed by atoms with Gasteiger partial charge < -0.3 is 23.7 Å². The van der Waals surface area contributed by atoms with E-state index in [4.69, 9.17) is 18.6 Å². The lowest BCUT2D eigenvalue weighted by molar-refractivity contribution is -0.138. The number of nitrogens with zero attached hydrogens (tertiary/aromatic N) is 2. The molecule has 1 heterocycles. The molecule has 0 aliphatic heterocycles. The first kappa shape index (κ1) is 28.0. The molecule has 0 bridgehead atoms. The molecule has 0 aliphatic carbocycles. The van der Waals surface area contributed by atoms with Gasteiger partial charge in [-0.05, 0) is 79.6 Å². The molecule has 3 aromatic carbocycles. The number of carboxylic acid groups (broad SMARTS) is 1. The quantitative estimate of drug-likeness (QED) is 0.238. The van der Waals surface area contributed by atoms with Gasteiger partial charge in [-0.15, -0.1) is 0 Å². The standard InChI is InChI=1S/C31H30N2O7/c1-21(29-22(2)39-30(32-29)24-7-5-4-6-8-24)17-18-38-26-11-9-23(10-12-26)19-33(20-28(34)35)31(36)40-27-15-13-25(37-3)14-16-27/h4-17H,18-20H2,1-3H3,(H,34,35)/b21-17+. The Balaban J connectivity index is 1.34. The molecule has 0 unspecified atom stereocenters. The third kappa shape index (κ3) is 7.50. The van der Waals surface area contributed by atoms with Gasteiger partial charge in [0.1, 0.15) is 41.9 Å². The summed E-state index contributed by atoms with van der Waals surface area (Å²) in [7, 11) is 1.53. The number of hydrogen-bond acceptors (Lipinski definition) is 7. The van der Waals surface area contributed by atoms with Crippen molar-refractivity contribution in [1.29, 1.82) is 0 Å². The van der Waals surface area contributed by atoms with E-state index in [1.54, 1.807) is 48.5 Å². The van der Waals surface area contributed by atoms with Crippen molar-refractivity contribution in [3.05, 3.63) is 102 Å². The Hall–Kier alpha value is -5.05. The van der Waals surface area contributed by atoms with Crippen molar-refractivity contribution in [2.75, 3.05) is 20.3 Å². The lowest BCUT2D eigenvalue weighted by Gasteiger charge is -2.20. The van der Waals surface area contributed by atoms with E-state index in [-0.39, 0.29) is 12.3 Å². The van der Waals surface area contributed by atoms with E-state index in [9.17, 15) is 14.7 Å². The number of hydrogen-bond donors (Lipinski definition) is 1. The van der Waals surface area contributed by atoms with Crippen LogP contribution in [0.1, 0.15) is 23.9 Å². The molecule has 0 atom stereocenters. The first-order chi connectivity index (χ1) is 19.3. The first-order valence-corrected chi connectivity index (χ1v) is 12.6. The number of oxazole rings is 1. The van der Waals surface area contributed by atoms with Crippen molar-refractivity contribution in [2.45, 2.75) is 20.4 Å². The van der Waals surface area contributed by atoms with Crippen molar-refractivity contribution in [3.8, 4) is 28.7 Å². The summed E-state index contributed by atoms with van der Waals surface area (Å²) in [5.41, 5.74) is 3.34. The van der Waals surface area contributed by atoms with Gasteiger partial charge in [0.2, 0.25) is 5.89 Å². The van der Waals surface area contributed by atoms with E-state index in [2.05, 4.69) is 4.98 Å². The molecular weight excluding hydrogens is 512 g/mol. The van der Waals surface area contributed by atoms with Gasteiger partial charge >= 0.3 is 12.1 Å². The summed E-state index contributed by atoms with van der Waals surface area (Å²) in [4.78, 5) is 29.8. The number of carbonyl (C=O) groups excluding carboxylic acids is 1. The summed E-state index contributed by atoms with van der Waals surface area (Å²) in [5, 5.41) is 9.29. The number of aryl methyl sites for hydroxylation is 1. The minimum Gasteiger partial charge on any atom is -0.497 e. The summed E-state index contributed by atoms with van der Waals surface area (Å²) in [6.07, 6.45) is 1.16. The Morgan fingerprint density at radius 3 is 2.25 bits per heavy atom. The second kappa shape index (κ2) is 13.1. The molecule has 206 valence electrons. The van der Waals surface area contributed by atoms with Crippen molar-refractivity contribution in [3.63, 3.8) is 0 Å². The monoisotopic (exact) mass is 542 g/mol. The van der Waals surface area contributed by atoms with Gasteiger partial charge in [0.25, 0.3) is 0 Å². The fourth-order valence-electron chi connectivity index (χ4n) is 3.89. The lowest BCUT2D eigenvalue weighted by atomic mass is 10.2. The summed E-state index contributed by atoms with van der Waals surface area (Å²) in [6.45, 7) is 3.69. The third-order valence-electron chi connectivity index (χ3n) is 5.98. The zero-order valence-electron chi connectivity index (χ0n) is 22.5. The van der Waals surface area contributed by atoms with Crippen LogP contribution in [0.3, 0.4) is 0 Å². The molecule has 0 fully saturated rings. The molecule has 1 amide bonds. The largest absolute Gasteiger partial charge is 0.497 e. The average Bonchev–Trinajstić information content (AvgIpc) is 3.36. The molecule has 4 rings (SSSR count). The molecule has 9 heteroatoms. The Kier molecular flexibility index (Phi) is 9.19. The van der Waals surface area contributed by atoms with Gasteiger partial charge in [0.15, 0.2) is 0 Å². The highest BCUT2D eigenvalue weighted by molar-refractivity contribution is 5.78. The van der Waals surface area contributed by atoms with Crippen LogP contribution < -0.4 is 14.2 Å². The molecule has 4 aromatic rings. The molecule has 0 saturated heterocycles. The number of allylic oxidation sites excluding steroid dienone is 1. The number of carboxylic acids is 1. The fourth-order valence-corrected chi connectivity index (χ4v) is 3.89. The predicted octanol–water partition coefficient (Wildman–Crippen LogP) is 6.23. The van der Waals surface area contributed by atoms with E-state index >= 15 is 0 Å². The van der Waals surface area contributed by atoms with E-state index in [0.717, 1.165) is 33.1 Å². The molecule has 0 radical (unpaired) electrons. The number of aromatic nitrogens is 1. The van der Waals surface area contributed by atoms with Gasteiger partial charge in [-0.25, -0.2) is 9.78 Å². The van der Waals surface area contributed by atoms with Crippen molar-refractivity contribution < 1.29 is 33.3 Å². The van der Waals surface area contributed by atoms with Gasteiger partial charge in [-0.1, -0.05) is 30.3 Å². The predicted molar refractivity (Wildman–Crippen MR) is 149 cm³/mol. The minimum absolute atomic E-state index is 0.0514. The highest BCUT2D eigenvalue weighted by Gasteiger charge is 2.20. The van der Waals surface area contributed by atoms with Gasteiger partial charge in [-0.2, -0.15) is 0 Å². The zero-order chi connectivity index (χ0) is 28.5. The fraction of sp³-hybridized carbons (Fsp3) is 0.194. The highest BCUT2D eigenvalue weighted by Crippen LogP contribution is 2.26. The smallest absolute Gasteiger partial charge is 0.416 e. The Bertz CT molecular complexity index is 1460. The number of amides is 1. The normalized spacial score (nSPS) is 11.1. The molecule has 0 aliphatic rings. The van der Waals surface area contributed by atoms with Crippen LogP contribution in [-0.2, 0) is 11.3 Å². The van der Waals surface area contributed by atoms with E-state index < -0.39 is 18.6 Å². The second-order valence-electron chi connectivity index (χ2n) is 8.93. The van der Waals surface area contributed by atoms with Crippen LogP contribution in [0.15, 0.2) is 89.4 Å². The molecule has 1 N–H and O–H groups in total. The van der Waals surface area contributed by atoms with Crippen molar-refractivity contribution in [1.82, 2.24) is 9.88 Å². The van der Waals surface area contributed by atoms with Crippen LogP contribution in [0.4, 0.5) is 4.79 Å². The zero-order valence-corrected chi connectivity index (χ0v) is 22.5. The number of benzene rings is 3. The molecule has 40 heavy (non-hydrogen) atoms. The summed E-state index contributed by atoms with van der Waals surface area (Å²) >= 11 is 0. The Morgan fingerprint density at radius 2 is 1.60 bits per heavy atom. The second-order valence-corrected chi connectivity index (χ2v) is 8.93. The topological polar surface area (TPSA) is 111 Å². The van der Waals surface area contributed by atoms with E-state index in [1.165, 1.54) is 7.11 Å². The van der Waals surface area contributed by atoms with E-state index in [0.29, 0.717) is 24.0 Å². The average molecular weight is 543 g/mol. The number of rotatable bonds is 11. The maximum atomic E-state index is 12.7. The molecule has 1 aromatic heterocycles. The summed E-state index contributed by atoms with van der Waals surface area (Å²) in [5.74, 6) is 1.67. The van der Waals surface area contributed by atoms with Crippen LogP contribution in [0, 0.1) is 6.92 Å². The maximum Gasteiger partial charge on any atom is 0.416 e. The maximum absolute atomic E-state index is 12.7. The molecule has 0 saturated carbocycles. The van der Waals surface area contributed by atoms with Crippen LogP contribution >= 0.6 is 0 Å². The van der Waals surface area contributed by atoms with Gasteiger partial charge in [-0.3, -0.25) is 9.69 Å². The van der Waals surface area contributed by atoms with Gasteiger partial charge in [0, 0.05) is 12.1 Å². The molecule has 0 spiro atoms. The first-order valence-electron chi connectivity index (χ1n) is 12.6. The summed E-state index contributed by atoms with van der Waals surface area (Å²) in [6, 6.07) is 23.2. The number of methoxy groups -OCH3 is 1. The third-order valence-corrected chi connectivity index (χ3v) is 5.98. The SMILES string of the molecule is COc1ccc(OC(=O)N(CC(=O)O)Cc2ccc(OC/C=C(\C)c3nc(-c4ccccc4)oc3C)cc2)cc1. The van der Waals surface area contributed by atoms with Crippen LogP contribution in [-0.4, -0.2) is 47.3 Å². The molecular formula is C31H30N2O7. The van der Waals surface area contributed by atoms with Crippen LogP contribution in [0.2, 0.25) is 0 Å². The van der Waals surface area contributed by atoms with E-state index in [1.807, 2.05) is 50.3 Å². The molecule has 9 nitrogen and oxygen atoms in total. The van der Waals surface area contributed by atoms with Gasteiger partial charge in [0.05, 0.1) is 7.11 Å². The van der Waals surface area contributed by atoms with Crippen molar-refractivity contribution >= 4 is 17.6 Å². The van der Waals surface area contributed by atoms with Crippen LogP contribution in [0.25, 0.3) is 17.0 Å². The number of aliphatic carboxylic acids is 1. The lowest BCUT2D eigenvalue weighted by Crippen LogP contribution is -2.37. The number of ether oxygens (including phenoxy) is 3. The number of carbonyl (C=O) groups is 2. The Morgan fingerprint density at radius 1 is 0.950 bits per heavy atom. The highest BCUT2D eigenvalue weighted by atomic mass is 16.6. The minimum atomic E-state index is -1.15. The summed E-state index contributed by atoms with van der Waals surface area (Å²) < 4.78 is 22.1.